The summed E-state index contributed by atoms with van der Waals surface area (Å²) in [5.41, 5.74) is 1.37. The van der Waals surface area contributed by atoms with Crippen molar-refractivity contribution in [3.05, 3.63) is 71.8 Å². The molecule has 0 aromatic heterocycles. The Morgan fingerprint density at radius 1 is 0.577 bits per heavy atom. The van der Waals surface area contributed by atoms with Crippen molar-refractivity contribution in [1.29, 1.82) is 0 Å². The second-order valence-corrected chi connectivity index (χ2v) is 4.75. The van der Waals surface area contributed by atoms with E-state index in [4.69, 9.17) is 0 Å². The summed E-state index contributed by atoms with van der Waals surface area (Å²) in [4.78, 5) is 41.4. The molecule has 26 heavy (non-hydrogen) atoms. The molecule has 6 nitrogen and oxygen atoms in total. The van der Waals surface area contributed by atoms with E-state index in [9.17, 15) is 29.4 Å². The van der Waals surface area contributed by atoms with Gasteiger partial charge in [-0.15, -0.1) is 0 Å². The summed E-state index contributed by atoms with van der Waals surface area (Å²) in [6.07, 6.45) is -0.188. The Labute approximate surface area is 195 Å². The molecule has 0 bridgehead atoms. The van der Waals surface area contributed by atoms with Crippen molar-refractivity contribution in [3.63, 3.8) is 0 Å². The van der Waals surface area contributed by atoms with Gasteiger partial charge in [-0.25, -0.2) is 0 Å². The number of carboxylic acid groups (broad SMARTS) is 2. The third-order valence-electron chi connectivity index (χ3n) is 2.87. The number of ketones is 2. The van der Waals surface area contributed by atoms with E-state index in [0.717, 1.165) is 0 Å². The van der Waals surface area contributed by atoms with Gasteiger partial charge in [0.25, 0.3) is 0 Å². The van der Waals surface area contributed by atoms with Crippen LogP contribution < -0.4 is 69.3 Å². The number of carboxylic acids is 2. The number of Topliss-reactive ketones (excluding diaryl/α,β-unsaturated/α-hetero) is 2. The van der Waals surface area contributed by atoms with Gasteiger partial charge in [0, 0.05) is 12.8 Å². The molecule has 2 aromatic rings. The Hall–Kier alpha value is -1.28. The second kappa shape index (κ2) is 14.8. The Morgan fingerprint density at radius 3 is 1.08 bits per heavy atom. The van der Waals surface area contributed by atoms with Crippen LogP contribution in [0.3, 0.4) is 0 Å². The maximum absolute atomic E-state index is 10.7. The molecule has 0 unspecified atom stereocenters. The Balaban J connectivity index is 0. The smallest absolute Gasteiger partial charge is 0.542 e. The molecule has 0 amide bonds. The molecule has 124 valence electrons. The van der Waals surface area contributed by atoms with E-state index in [1.165, 1.54) is 0 Å². The third kappa shape index (κ3) is 11.4. The SMILES string of the molecule is O=C([O-])C(=O)Cc1ccccc1.O=C([O-])C(=O)Cc1ccccc1.[Na+].[Na+]. The molecule has 8 heteroatoms. The zero-order valence-electron chi connectivity index (χ0n) is 14.6. The monoisotopic (exact) mass is 372 g/mol. The van der Waals surface area contributed by atoms with Crippen LogP contribution in [-0.4, -0.2) is 23.5 Å². The molecular weight excluding hydrogens is 358 g/mol. The summed E-state index contributed by atoms with van der Waals surface area (Å²) in [7, 11) is 0. The van der Waals surface area contributed by atoms with Crippen molar-refractivity contribution < 1.29 is 88.5 Å². The second-order valence-electron chi connectivity index (χ2n) is 4.75. The molecule has 0 aliphatic carbocycles. The number of hydrogen-bond acceptors (Lipinski definition) is 6. The van der Waals surface area contributed by atoms with Crippen LogP contribution in [0.4, 0.5) is 0 Å². The third-order valence-corrected chi connectivity index (χ3v) is 2.87. The van der Waals surface area contributed by atoms with Crippen LogP contribution in [0.25, 0.3) is 0 Å². The standard InChI is InChI=1S/2C9H8O3.2Na/c2*10-8(9(11)12)6-7-4-2-1-3-5-7;;/h2*1-5H,6H2,(H,11,12);;/q;;2*+1/p-2. The Bertz CT molecular complexity index is 653. The predicted molar refractivity (Wildman–Crippen MR) is 80.3 cm³/mol. The molecule has 0 N–H and O–H groups in total. The molecule has 0 saturated carbocycles. The summed E-state index contributed by atoms with van der Waals surface area (Å²) in [5.74, 6) is -5.03. The van der Waals surface area contributed by atoms with E-state index in [0.29, 0.717) is 11.1 Å². The van der Waals surface area contributed by atoms with Crippen molar-refractivity contribution in [3.8, 4) is 0 Å². The minimum atomic E-state index is -1.63. The Morgan fingerprint density at radius 2 is 0.846 bits per heavy atom. The van der Waals surface area contributed by atoms with Gasteiger partial charge in [0.2, 0.25) is 0 Å². The van der Waals surface area contributed by atoms with Gasteiger partial charge < -0.3 is 19.8 Å². The molecular formula is C18H14Na2O6. The number of benzene rings is 2. The first-order valence-corrected chi connectivity index (χ1v) is 6.96. The van der Waals surface area contributed by atoms with E-state index < -0.39 is 23.5 Å². The van der Waals surface area contributed by atoms with Gasteiger partial charge in [0.05, 0.1) is 0 Å². The van der Waals surface area contributed by atoms with Gasteiger partial charge >= 0.3 is 59.1 Å². The van der Waals surface area contributed by atoms with Crippen LogP contribution in [0, 0.1) is 0 Å². The van der Waals surface area contributed by atoms with Gasteiger partial charge in [0.1, 0.15) is 11.9 Å². The van der Waals surface area contributed by atoms with E-state index in [1.54, 1.807) is 60.7 Å². The number of aliphatic carboxylic acids is 2. The molecule has 0 spiro atoms. The van der Waals surface area contributed by atoms with Crippen molar-refractivity contribution in [2.75, 3.05) is 0 Å². The molecule has 0 fully saturated rings. The number of carbonyl (C=O) groups excluding carboxylic acids is 4. The van der Waals surface area contributed by atoms with Crippen molar-refractivity contribution in [2.45, 2.75) is 12.8 Å². The van der Waals surface area contributed by atoms with Gasteiger partial charge in [-0.2, -0.15) is 0 Å². The molecule has 2 rings (SSSR count). The number of carbonyl (C=O) groups is 4. The molecule has 0 radical (unpaired) electrons. The fourth-order valence-corrected chi connectivity index (χ4v) is 1.71. The fourth-order valence-electron chi connectivity index (χ4n) is 1.71. The Kier molecular flexibility index (Phi) is 15.4. The van der Waals surface area contributed by atoms with E-state index >= 15 is 0 Å². The summed E-state index contributed by atoms with van der Waals surface area (Å²) in [6.45, 7) is 0. The van der Waals surface area contributed by atoms with E-state index in [-0.39, 0.29) is 72.0 Å². The van der Waals surface area contributed by atoms with Crippen molar-refractivity contribution in [1.82, 2.24) is 0 Å². The average molecular weight is 372 g/mol. The molecule has 0 aliphatic heterocycles. The van der Waals surface area contributed by atoms with Gasteiger partial charge in [-0.3, -0.25) is 9.59 Å². The summed E-state index contributed by atoms with van der Waals surface area (Å²) in [5, 5.41) is 20.1. The van der Waals surface area contributed by atoms with Crippen molar-refractivity contribution in [2.24, 2.45) is 0 Å². The van der Waals surface area contributed by atoms with Crippen LogP contribution in [0.5, 0.6) is 0 Å². The number of rotatable bonds is 6. The molecule has 2 aromatic carbocycles. The largest absolute Gasteiger partial charge is 1.00 e. The van der Waals surface area contributed by atoms with Crippen LogP contribution in [0.15, 0.2) is 60.7 Å². The predicted octanol–water partition coefficient (Wildman–Crippen LogP) is -6.90. The average Bonchev–Trinajstić information content (AvgIpc) is 2.57. The first kappa shape index (κ1) is 26.9. The van der Waals surface area contributed by atoms with Gasteiger partial charge in [-0.1, -0.05) is 60.7 Å². The van der Waals surface area contributed by atoms with Crippen LogP contribution in [0.2, 0.25) is 0 Å². The minimum absolute atomic E-state index is 0. The quantitative estimate of drug-likeness (QED) is 0.368. The van der Waals surface area contributed by atoms with Crippen LogP contribution in [-0.2, 0) is 32.0 Å². The van der Waals surface area contributed by atoms with Gasteiger partial charge in [0.15, 0.2) is 11.6 Å². The number of hydrogen-bond donors (Lipinski definition) is 0. The zero-order valence-corrected chi connectivity index (χ0v) is 18.6. The summed E-state index contributed by atoms with van der Waals surface area (Å²) in [6, 6.07) is 17.4. The molecule has 0 atom stereocenters. The van der Waals surface area contributed by atoms with Crippen LogP contribution >= 0.6 is 0 Å². The van der Waals surface area contributed by atoms with Crippen LogP contribution in [0.1, 0.15) is 11.1 Å². The zero-order chi connectivity index (χ0) is 17.9. The maximum atomic E-state index is 10.7. The topological polar surface area (TPSA) is 114 Å². The summed E-state index contributed by atoms with van der Waals surface area (Å²) < 4.78 is 0. The normalized spacial score (nSPS) is 8.62. The minimum Gasteiger partial charge on any atom is -0.542 e. The molecule has 0 aliphatic rings. The van der Waals surface area contributed by atoms with Gasteiger partial charge in [-0.05, 0) is 11.1 Å². The first-order valence-electron chi connectivity index (χ1n) is 6.96. The fraction of sp³-hybridized carbons (Fsp3) is 0.111. The van der Waals surface area contributed by atoms with Crippen molar-refractivity contribution >= 4 is 23.5 Å². The first-order chi connectivity index (χ1) is 11.4. The summed E-state index contributed by atoms with van der Waals surface area (Å²) >= 11 is 0. The van der Waals surface area contributed by atoms with E-state index in [1.807, 2.05) is 0 Å². The molecule has 0 saturated heterocycles. The maximum Gasteiger partial charge on any atom is 1.00 e. The molecule has 0 heterocycles. The van der Waals surface area contributed by atoms with E-state index in [2.05, 4.69) is 0 Å².